The molecule has 0 bridgehead atoms. The number of nitrogens with one attached hydrogen (secondary N) is 2. The Bertz CT molecular complexity index is 569. The molecule has 0 radical (unpaired) electrons. The first-order valence-corrected chi connectivity index (χ1v) is 7.69. The topological polar surface area (TPSA) is 97.1 Å². The van der Waals surface area contributed by atoms with Crippen LogP contribution in [0.3, 0.4) is 0 Å². The van der Waals surface area contributed by atoms with Crippen LogP contribution in [0.2, 0.25) is 0 Å². The lowest BCUT2D eigenvalue weighted by Crippen LogP contribution is -2.32. The lowest BCUT2D eigenvalue weighted by molar-refractivity contribution is 0.0522. The van der Waals surface area contributed by atoms with Crippen molar-refractivity contribution in [3.8, 4) is 0 Å². The Labute approximate surface area is 113 Å². The molecule has 8 heteroatoms. The van der Waals surface area contributed by atoms with Crippen LogP contribution in [0.25, 0.3) is 0 Å². The second-order valence-electron chi connectivity index (χ2n) is 5.31. The van der Waals surface area contributed by atoms with Crippen LogP contribution in [-0.2, 0) is 28.1 Å². The van der Waals surface area contributed by atoms with Crippen LogP contribution >= 0.6 is 0 Å². The molecule has 0 aromatic carbocycles. The van der Waals surface area contributed by atoms with Crippen molar-refractivity contribution in [1.29, 1.82) is 4.78 Å². The van der Waals surface area contributed by atoms with Crippen molar-refractivity contribution in [3.63, 3.8) is 0 Å². The Morgan fingerprint density at radius 3 is 2.63 bits per heavy atom. The molecule has 0 saturated carbocycles. The van der Waals surface area contributed by atoms with Gasteiger partial charge in [-0.2, -0.15) is 5.10 Å². The van der Waals surface area contributed by atoms with Crippen LogP contribution in [0.1, 0.15) is 26.5 Å². The van der Waals surface area contributed by atoms with Crippen LogP contribution in [0.15, 0.2) is 11.1 Å². The molecule has 1 aromatic rings. The number of carbonyl (C=O) groups is 1. The number of amides is 1. The number of alkyl carbamates (subject to hydrolysis) is 1. The van der Waals surface area contributed by atoms with Gasteiger partial charge >= 0.3 is 6.09 Å². The summed E-state index contributed by atoms with van der Waals surface area (Å²) in [7, 11) is -1.20. The average Bonchev–Trinajstić information content (AvgIpc) is 2.53. The highest BCUT2D eigenvalue weighted by atomic mass is 32.2. The molecule has 0 spiro atoms. The van der Waals surface area contributed by atoms with E-state index in [2.05, 4.69) is 10.4 Å². The number of carbonyl (C=O) groups excluding carboxylic acids is 1. The second-order valence-corrected chi connectivity index (χ2v) is 7.44. The summed E-state index contributed by atoms with van der Waals surface area (Å²) in [6.07, 6.45) is 2.28. The number of aromatic nitrogens is 2. The van der Waals surface area contributed by atoms with E-state index >= 15 is 0 Å². The van der Waals surface area contributed by atoms with Gasteiger partial charge in [0.05, 0.1) is 26.9 Å². The molecule has 0 aliphatic heterocycles. The standard InChI is InChI=1S/C11H20N4O3S/c1-11(2,3)18-10(16)13-6-8-9(19(5,12)17)7-15(4)14-8/h7,12H,6H2,1-5H3,(H,13,16). The van der Waals surface area contributed by atoms with Crippen molar-refractivity contribution in [2.75, 3.05) is 6.26 Å². The van der Waals surface area contributed by atoms with Crippen LogP contribution in [0.5, 0.6) is 0 Å². The predicted octanol–water partition coefficient (Wildman–Crippen LogP) is 1.48. The van der Waals surface area contributed by atoms with Gasteiger partial charge in [-0.15, -0.1) is 0 Å². The number of hydrogen-bond acceptors (Lipinski definition) is 5. The third-order valence-electron chi connectivity index (χ3n) is 2.09. The molecule has 2 N–H and O–H groups in total. The first kappa shape index (κ1) is 15.5. The normalized spacial score (nSPS) is 14.8. The number of nitrogens with zero attached hydrogens (tertiary/aromatic N) is 2. The van der Waals surface area contributed by atoms with Crippen molar-refractivity contribution in [2.24, 2.45) is 7.05 Å². The molecule has 0 aliphatic carbocycles. The van der Waals surface area contributed by atoms with Gasteiger partial charge in [-0.25, -0.2) is 13.8 Å². The van der Waals surface area contributed by atoms with Crippen molar-refractivity contribution < 1.29 is 13.7 Å². The predicted molar refractivity (Wildman–Crippen MR) is 71.3 cm³/mol. The van der Waals surface area contributed by atoms with Gasteiger partial charge in [0.2, 0.25) is 0 Å². The van der Waals surface area contributed by atoms with Gasteiger partial charge in [-0.3, -0.25) is 4.68 Å². The average molecular weight is 288 g/mol. The van der Waals surface area contributed by atoms with Gasteiger partial charge in [-0.05, 0) is 20.8 Å². The maximum absolute atomic E-state index is 11.8. The Morgan fingerprint density at radius 1 is 1.58 bits per heavy atom. The minimum Gasteiger partial charge on any atom is -0.444 e. The minimum atomic E-state index is -2.87. The highest BCUT2D eigenvalue weighted by molar-refractivity contribution is 7.91. The zero-order valence-electron chi connectivity index (χ0n) is 11.8. The Balaban J connectivity index is 2.77. The van der Waals surface area contributed by atoms with Gasteiger partial charge in [-0.1, -0.05) is 0 Å². The summed E-state index contributed by atoms with van der Waals surface area (Å²) in [5.41, 5.74) is -0.166. The minimum absolute atomic E-state index is 0.0782. The molecule has 1 atom stereocenters. The highest BCUT2D eigenvalue weighted by Gasteiger charge is 2.18. The van der Waals surface area contributed by atoms with Gasteiger partial charge in [0.25, 0.3) is 0 Å². The molecule has 1 amide bonds. The SMILES string of the molecule is Cn1cc(S(C)(=N)=O)c(CNC(=O)OC(C)(C)C)n1. The number of hydrogen-bond donors (Lipinski definition) is 2. The Kier molecular flexibility index (Phi) is 4.24. The van der Waals surface area contributed by atoms with Crippen LogP contribution in [-0.4, -0.2) is 31.9 Å². The van der Waals surface area contributed by atoms with E-state index < -0.39 is 21.4 Å². The van der Waals surface area contributed by atoms with E-state index in [0.717, 1.165) is 0 Å². The summed E-state index contributed by atoms with van der Waals surface area (Å²) in [5.74, 6) is 0. The quantitative estimate of drug-likeness (QED) is 0.880. The monoisotopic (exact) mass is 288 g/mol. The lowest BCUT2D eigenvalue weighted by atomic mass is 10.2. The van der Waals surface area contributed by atoms with E-state index in [1.165, 1.54) is 17.1 Å². The molecule has 7 nitrogen and oxygen atoms in total. The highest BCUT2D eigenvalue weighted by Crippen LogP contribution is 2.14. The maximum Gasteiger partial charge on any atom is 0.407 e. The van der Waals surface area contributed by atoms with Crippen molar-refractivity contribution in [3.05, 3.63) is 11.9 Å². The summed E-state index contributed by atoms with van der Waals surface area (Å²) < 4.78 is 25.9. The third-order valence-corrected chi connectivity index (χ3v) is 3.27. The molecular formula is C11H20N4O3S. The van der Waals surface area contributed by atoms with Crippen molar-refractivity contribution in [1.82, 2.24) is 15.1 Å². The summed E-state index contributed by atoms with van der Waals surface area (Å²) in [5, 5.41) is 6.63. The molecular weight excluding hydrogens is 268 g/mol. The molecule has 19 heavy (non-hydrogen) atoms. The summed E-state index contributed by atoms with van der Waals surface area (Å²) >= 11 is 0. The number of rotatable bonds is 3. The largest absolute Gasteiger partial charge is 0.444 e. The van der Waals surface area contributed by atoms with Gasteiger partial charge in [0, 0.05) is 19.5 Å². The molecule has 1 unspecified atom stereocenters. The van der Waals surface area contributed by atoms with E-state index in [1.807, 2.05) is 0 Å². The fraction of sp³-hybridized carbons (Fsp3) is 0.636. The second kappa shape index (κ2) is 5.20. The lowest BCUT2D eigenvalue weighted by Gasteiger charge is -2.19. The van der Waals surface area contributed by atoms with E-state index in [9.17, 15) is 9.00 Å². The van der Waals surface area contributed by atoms with Crippen molar-refractivity contribution in [2.45, 2.75) is 37.8 Å². The van der Waals surface area contributed by atoms with Gasteiger partial charge in [0.1, 0.15) is 5.60 Å². The van der Waals surface area contributed by atoms with Crippen LogP contribution in [0, 0.1) is 4.78 Å². The molecule has 1 aromatic heterocycles. The van der Waals surface area contributed by atoms with Gasteiger partial charge < -0.3 is 10.1 Å². The van der Waals surface area contributed by atoms with Crippen LogP contribution in [0.4, 0.5) is 4.79 Å². The smallest absolute Gasteiger partial charge is 0.407 e. The molecule has 0 fully saturated rings. The fourth-order valence-corrected chi connectivity index (χ4v) is 2.35. The number of ether oxygens (including phenoxy) is 1. The molecule has 0 saturated heterocycles. The molecule has 0 aliphatic rings. The molecule has 1 rings (SSSR count). The van der Waals surface area contributed by atoms with Gasteiger partial charge in [0.15, 0.2) is 0 Å². The third kappa shape index (κ3) is 4.90. The van der Waals surface area contributed by atoms with E-state index in [0.29, 0.717) is 10.6 Å². The number of aryl methyl sites for hydroxylation is 1. The van der Waals surface area contributed by atoms with Crippen molar-refractivity contribution >= 4 is 15.8 Å². The van der Waals surface area contributed by atoms with E-state index in [4.69, 9.17) is 9.52 Å². The van der Waals surface area contributed by atoms with E-state index in [-0.39, 0.29) is 6.54 Å². The van der Waals surface area contributed by atoms with Crippen LogP contribution < -0.4 is 5.32 Å². The molecule has 108 valence electrons. The first-order valence-electron chi connectivity index (χ1n) is 5.72. The Morgan fingerprint density at radius 2 is 2.16 bits per heavy atom. The van der Waals surface area contributed by atoms with E-state index in [1.54, 1.807) is 27.8 Å². The Hall–Kier alpha value is -1.57. The summed E-state index contributed by atoms with van der Waals surface area (Å²) in [6, 6.07) is 0. The zero-order valence-corrected chi connectivity index (χ0v) is 12.6. The summed E-state index contributed by atoms with van der Waals surface area (Å²) in [4.78, 5) is 11.8. The zero-order chi connectivity index (χ0) is 14.8. The fourth-order valence-electron chi connectivity index (χ4n) is 1.43. The molecule has 1 heterocycles. The summed E-state index contributed by atoms with van der Waals surface area (Å²) in [6.45, 7) is 5.37. The maximum atomic E-state index is 11.8. The first-order chi connectivity index (χ1) is 8.49.